The second-order valence-corrected chi connectivity index (χ2v) is 9.03. The summed E-state index contributed by atoms with van der Waals surface area (Å²) in [5, 5.41) is 19.9. The molecule has 0 aromatic heterocycles. The fourth-order valence-corrected chi connectivity index (χ4v) is 5.56. The van der Waals surface area contributed by atoms with Crippen molar-refractivity contribution >= 4 is 23.4 Å². The average Bonchev–Trinajstić information content (AvgIpc) is 3.27. The molecule has 8 nitrogen and oxygen atoms in total. The standard InChI is InChI=1S/C27H25NO7/c1-13-19(25(27(32)33)28-24(13)22(14(2)29)26(28)31)12-35-20-10-6-9-17-18(11-21(30)34-3)15-7-4-5-8-16(15)23(17)20/h4-11,13-14,22,24,29H,12H2,1-3H3,(H,32,33)/b18-11+. The lowest BCUT2D eigenvalue weighted by molar-refractivity contribution is -0.163. The molecule has 2 aromatic rings. The highest BCUT2D eigenvalue weighted by Crippen LogP contribution is 2.50. The zero-order valence-electron chi connectivity index (χ0n) is 19.5. The highest BCUT2D eigenvalue weighted by atomic mass is 16.5. The van der Waals surface area contributed by atoms with Crippen molar-refractivity contribution in [2.24, 2.45) is 11.8 Å². The Kier molecular flexibility index (Phi) is 5.48. The van der Waals surface area contributed by atoms with E-state index in [2.05, 4.69) is 0 Å². The molecule has 4 atom stereocenters. The molecule has 35 heavy (non-hydrogen) atoms. The molecular weight excluding hydrogens is 450 g/mol. The first kappa shape index (κ1) is 22.9. The molecular formula is C27H25NO7. The number of aliphatic hydroxyl groups is 1. The van der Waals surface area contributed by atoms with E-state index in [-0.39, 0.29) is 24.1 Å². The zero-order chi connectivity index (χ0) is 25.0. The molecule has 1 amide bonds. The maximum atomic E-state index is 12.6. The Hall–Kier alpha value is -3.91. The van der Waals surface area contributed by atoms with Gasteiger partial charge in [-0.05, 0) is 35.3 Å². The van der Waals surface area contributed by atoms with E-state index < -0.39 is 30.0 Å². The average molecular weight is 475 g/mol. The number of carbonyl (C=O) groups is 3. The highest BCUT2D eigenvalue weighted by Gasteiger charge is 2.59. The molecule has 5 rings (SSSR count). The van der Waals surface area contributed by atoms with Crippen LogP contribution in [0.5, 0.6) is 5.75 Å². The SMILES string of the molecule is COC(=O)/C=C1\c2ccccc2-c2c(OCC3=C(C(=O)O)N4C(=O)C(C(C)O)C4C3C)cccc21. The van der Waals surface area contributed by atoms with E-state index in [9.17, 15) is 24.6 Å². The Morgan fingerprint density at radius 1 is 1.11 bits per heavy atom. The summed E-state index contributed by atoms with van der Waals surface area (Å²) in [5.74, 6) is -2.40. The van der Waals surface area contributed by atoms with Gasteiger partial charge in [0.05, 0.1) is 25.2 Å². The van der Waals surface area contributed by atoms with E-state index in [1.54, 1.807) is 13.0 Å². The van der Waals surface area contributed by atoms with Gasteiger partial charge in [-0.15, -0.1) is 0 Å². The van der Waals surface area contributed by atoms with Gasteiger partial charge in [0, 0.05) is 23.1 Å². The van der Waals surface area contributed by atoms with Gasteiger partial charge in [0.15, 0.2) is 0 Å². The number of amides is 1. The number of fused-ring (bicyclic) bond motifs is 4. The monoisotopic (exact) mass is 475 g/mol. The number of esters is 1. The van der Waals surface area contributed by atoms with Crippen molar-refractivity contribution in [3.05, 3.63) is 70.9 Å². The Balaban J connectivity index is 1.52. The second-order valence-electron chi connectivity index (χ2n) is 9.03. The smallest absolute Gasteiger partial charge is 0.352 e. The predicted molar refractivity (Wildman–Crippen MR) is 126 cm³/mol. The number of nitrogens with zero attached hydrogens (tertiary/aromatic N) is 1. The van der Waals surface area contributed by atoms with Gasteiger partial charge < -0.3 is 24.6 Å². The topological polar surface area (TPSA) is 113 Å². The number of rotatable bonds is 6. The lowest BCUT2D eigenvalue weighted by Gasteiger charge is -2.46. The first-order chi connectivity index (χ1) is 16.8. The molecule has 180 valence electrons. The second kappa shape index (κ2) is 8.39. The Labute approximate surface area is 202 Å². The Bertz CT molecular complexity index is 1320. The number of aliphatic carboxylic acids is 1. The van der Waals surface area contributed by atoms with Crippen LogP contribution in [0.1, 0.15) is 25.0 Å². The number of methoxy groups -OCH3 is 1. The number of ether oxygens (including phenoxy) is 2. The summed E-state index contributed by atoms with van der Waals surface area (Å²) >= 11 is 0. The number of β-lactam (4-membered cyclic amide) rings is 1. The predicted octanol–water partition coefficient (Wildman–Crippen LogP) is 2.85. The zero-order valence-corrected chi connectivity index (χ0v) is 19.5. The van der Waals surface area contributed by atoms with Crippen molar-refractivity contribution in [1.82, 2.24) is 4.90 Å². The fourth-order valence-electron chi connectivity index (χ4n) is 5.56. The lowest BCUT2D eigenvalue weighted by Crippen LogP contribution is -2.63. The highest BCUT2D eigenvalue weighted by molar-refractivity contribution is 6.08. The number of benzene rings is 2. The van der Waals surface area contributed by atoms with E-state index in [1.807, 2.05) is 43.3 Å². The molecule has 2 aromatic carbocycles. The van der Waals surface area contributed by atoms with Crippen LogP contribution in [0.3, 0.4) is 0 Å². The number of aliphatic hydroxyl groups excluding tert-OH is 1. The van der Waals surface area contributed by atoms with E-state index in [1.165, 1.54) is 18.1 Å². The van der Waals surface area contributed by atoms with Crippen LogP contribution in [0.25, 0.3) is 16.7 Å². The van der Waals surface area contributed by atoms with Gasteiger partial charge in [-0.25, -0.2) is 9.59 Å². The van der Waals surface area contributed by atoms with E-state index >= 15 is 0 Å². The summed E-state index contributed by atoms with van der Waals surface area (Å²) in [6.45, 7) is 3.38. The summed E-state index contributed by atoms with van der Waals surface area (Å²) in [4.78, 5) is 38.0. The Morgan fingerprint density at radius 2 is 1.80 bits per heavy atom. The van der Waals surface area contributed by atoms with Gasteiger partial charge in [-0.3, -0.25) is 4.79 Å². The van der Waals surface area contributed by atoms with E-state index in [0.717, 1.165) is 27.8 Å². The molecule has 2 N–H and O–H groups in total. The van der Waals surface area contributed by atoms with Crippen molar-refractivity contribution in [3.8, 4) is 16.9 Å². The third-order valence-corrected chi connectivity index (χ3v) is 7.17. The molecule has 0 saturated carbocycles. The molecule has 8 heteroatoms. The van der Waals surface area contributed by atoms with Gasteiger partial charge in [-0.1, -0.05) is 43.3 Å². The quantitative estimate of drug-likeness (QED) is 0.320. The van der Waals surface area contributed by atoms with Gasteiger partial charge in [0.1, 0.15) is 18.1 Å². The van der Waals surface area contributed by atoms with Crippen LogP contribution in [0.15, 0.2) is 59.8 Å². The number of carboxylic acid groups (broad SMARTS) is 1. The van der Waals surface area contributed by atoms with Crippen LogP contribution in [-0.4, -0.2) is 58.8 Å². The first-order valence-corrected chi connectivity index (χ1v) is 11.4. The Morgan fingerprint density at radius 3 is 2.46 bits per heavy atom. The lowest BCUT2D eigenvalue weighted by atomic mass is 9.78. The van der Waals surface area contributed by atoms with Gasteiger partial charge in [-0.2, -0.15) is 0 Å². The van der Waals surface area contributed by atoms with Crippen LogP contribution >= 0.6 is 0 Å². The van der Waals surface area contributed by atoms with Crippen molar-refractivity contribution in [2.45, 2.75) is 26.0 Å². The summed E-state index contributed by atoms with van der Waals surface area (Å²) < 4.78 is 11.0. The molecule has 0 radical (unpaired) electrons. The summed E-state index contributed by atoms with van der Waals surface area (Å²) in [6, 6.07) is 12.8. The minimum atomic E-state index is -1.19. The molecule has 4 unspecified atom stereocenters. The molecule has 3 aliphatic rings. The minimum Gasteiger partial charge on any atom is -0.488 e. The third kappa shape index (κ3) is 3.36. The van der Waals surface area contributed by atoms with Crippen molar-refractivity contribution in [1.29, 1.82) is 0 Å². The molecule has 1 aliphatic carbocycles. The van der Waals surface area contributed by atoms with E-state index in [0.29, 0.717) is 11.3 Å². The first-order valence-electron chi connectivity index (χ1n) is 11.4. The summed E-state index contributed by atoms with van der Waals surface area (Å²) in [6.07, 6.45) is 0.584. The summed E-state index contributed by atoms with van der Waals surface area (Å²) in [7, 11) is 1.33. The van der Waals surface area contributed by atoms with Crippen molar-refractivity contribution in [2.75, 3.05) is 13.7 Å². The normalized spacial score (nSPS) is 24.0. The summed E-state index contributed by atoms with van der Waals surface area (Å²) in [5.41, 5.74) is 4.56. The molecule has 1 saturated heterocycles. The molecule has 0 bridgehead atoms. The van der Waals surface area contributed by atoms with Crippen LogP contribution in [0, 0.1) is 11.8 Å². The van der Waals surface area contributed by atoms with Crippen LogP contribution in [-0.2, 0) is 19.1 Å². The number of carboxylic acids is 1. The van der Waals surface area contributed by atoms with Crippen LogP contribution in [0.4, 0.5) is 0 Å². The number of carbonyl (C=O) groups excluding carboxylic acids is 2. The number of hydrogen-bond donors (Lipinski definition) is 2. The third-order valence-electron chi connectivity index (χ3n) is 7.17. The van der Waals surface area contributed by atoms with Crippen molar-refractivity contribution < 1.29 is 34.1 Å². The fraction of sp³-hybridized carbons (Fsp3) is 0.296. The van der Waals surface area contributed by atoms with E-state index in [4.69, 9.17) is 9.47 Å². The van der Waals surface area contributed by atoms with Gasteiger partial charge in [0.2, 0.25) is 5.91 Å². The van der Waals surface area contributed by atoms with Crippen LogP contribution < -0.4 is 4.74 Å². The molecule has 1 fully saturated rings. The van der Waals surface area contributed by atoms with Gasteiger partial charge >= 0.3 is 11.9 Å². The minimum absolute atomic E-state index is 0.0235. The largest absolute Gasteiger partial charge is 0.488 e. The van der Waals surface area contributed by atoms with Gasteiger partial charge in [0.25, 0.3) is 0 Å². The van der Waals surface area contributed by atoms with Crippen molar-refractivity contribution in [3.63, 3.8) is 0 Å². The molecule has 0 spiro atoms. The maximum absolute atomic E-state index is 12.6. The molecule has 2 heterocycles. The number of hydrogen-bond acceptors (Lipinski definition) is 6. The molecule has 2 aliphatic heterocycles. The van der Waals surface area contributed by atoms with Crippen LogP contribution in [0.2, 0.25) is 0 Å². The maximum Gasteiger partial charge on any atom is 0.352 e.